The van der Waals surface area contributed by atoms with Crippen LogP contribution in [-0.2, 0) is 4.79 Å². The summed E-state index contributed by atoms with van der Waals surface area (Å²) in [6.45, 7) is 4.09. The van der Waals surface area contributed by atoms with Crippen molar-refractivity contribution in [3.05, 3.63) is 65.2 Å². The monoisotopic (exact) mass is 312 g/mol. The highest BCUT2D eigenvalue weighted by Crippen LogP contribution is 2.18. The van der Waals surface area contributed by atoms with Gasteiger partial charge in [0.1, 0.15) is 0 Å². The number of thioether (sulfide) groups is 1. The molecular formula is C18H20N2OS. The molecule has 0 aliphatic rings. The molecule has 0 radical (unpaired) electrons. The molecule has 114 valence electrons. The van der Waals surface area contributed by atoms with E-state index >= 15 is 0 Å². The Kier molecular flexibility index (Phi) is 6.22. The third-order valence-corrected chi connectivity index (χ3v) is 4.08. The summed E-state index contributed by atoms with van der Waals surface area (Å²) >= 11 is 1.68. The number of amides is 1. The summed E-state index contributed by atoms with van der Waals surface area (Å²) in [4.78, 5) is 12.9. The van der Waals surface area contributed by atoms with Crippen LogP contribution in [0.2, 0.25) is 0 Å². The number of hydrazone groups is 1. The second-order valence-electron chi connectivity index (χ2n) is 5.12. The van der Waals surface area contributed by atoms with Crippen molar-refractivity contribution in [2.75, 3.05) is 5.75 Å². The van der Waals surface area contributed by atoms with Gasteiger partial charge in [0.25, 0.3) is 0 Å². The first-order valence-corrected chi connectivity index (χ1v) is 8.20. The topological polar surface area (TPSA) is 41.5 Å². The molecule has 0 aliphatic carbocycles. The number of hydrogen-bond donors (Lipinski definition) is 1. The van der Waals surface area contributed by atoms with Gasteiger partial charge in [-0.2, -0.15) is 5.10 Å². The molecule has 0 atom stereocenters. The van der Waals surface area contributed by atoms with Crippen LogP contribution in [0.25, 0.3) is 0 Å². The summed E-state index contributed by atoms with van der Waals surface area (Å²) < 4.78 is 0. The van der Waals surface area contributed by atoms with Crippen molar-refractivity contribution in [1.82, 2.24) is 5.43 Å². The van der Waals surface area contributed by atoms with Crippen LogP contribution in [0.1, 0.15) is 23.1 Å². The second-order valence-corrected chi connectivity index (χ2v) is 6.29. The fourth-order valence-corrected chi connectivity index (χ4v) is 2.73. The van der Waals surface area contributed by atoms with Gasteiger partial charge in [0.2, 0.25) is 5.91 Å². The van der Waals surface area contributed by atoms with E-state index in [9.17, 15) is 4.79 Å². The lowest BCUT2D eigenvalue weighted by atomic mass is 10.2. The minimum atomic E-state index is -0.0662. The Labute approximate surface area is 135 Å². The molecule has 1 amide bonds. The average Bonchev–Trinajstić information content (AvgIpc) is 2.49. The minimum Gasteiger partial charge on any atom is -0.273 e. The van der Waals surface area contributed by atoms with E-state index in [4.69, 9.17) is 0 Å². The summed E-state index contributed by atoms with van der Waals surface area (Å²) in [5, 5.41) is 3.99. The van der Waals surface area contributed by atoms with Gasteiger partial charge in [-0.15, -0.1) is 11.8 Å². The van der Waals surface area contributed by atoms with E-state index in [0.717, 1.165) is 11.3 Å². The van der Waals surface area contributed by atoms with Crippen LogP contribution in [0, 0.1) is 13.8 Å². The zero-order valence-electron chi connectivity index (χ0n) is 12.9. The maximum atomic E-state index is 11.7. The second kappa shape index (κ2) is 8.39. The van der Waals surface area contributed by atoms with Gasteiger partial charge < -0.3 is 0 Å². The Hall–Kier alpha value is -2.07. The predicted molar refractivity (Wildman–Crippen MR) is 93.4 cm³/mol. The number of carbonyl (C=O) groups is 1. The maximum absolute atomic E-state index is 11.7. The Balaban J connectivity index is 1.70. The molecule has 22 heavy (non-hydrogen) atoms. The fourth-order valence-electron chi connectivity index (χ4n) is 1.88. The normalized spacial score (nSPS) is 10.8. The third kappa shape index (κ3) is 5.74. The Morgan fingerprint density at radius 1 is 1.14 bits per heavy atom. The van der Waals surface area contributed by atoms with E-state index in [2.05, 4.69) is 41.7 Å². The first-order valence-electron chi connectivity index (χ1n) is 7.21. The zero-order valence-corrected chi connectivity index (χ0v) is 13.7. The number of carbonyl (C=O) groups excluding carboxylic acids is 1. The Bertz CT molecular complexity index is 650. The smallest absolute Gasteiger partial charge is 0.240 e. The molecule has 2 rings (SSSR count). The van der Waals surface area contributed by atoms with Crippen molar-refractivity contribution in [2.45, 2.75) is 25.2 Å². The van der Waals surface area contributed by atoms with Gasteiger partial charge in [-0.05, 0) is 31.5 Å². The van der Waals surface area contributed by atoms with Crippen LogP contribution in [0.15, 0.2) is 58.5 Å². The number of rotatable bonds is 6. The molecule has 0 fully saturated rings. The van der Waals surface area contributed by atoms with Crippen molar-refractivity contribution in [1.29, 1.82) is 0 Å². The maximum Gasteiger partial charge on any atom is 0.240 e. The predicted octanol–water partition coefficient (Wildman–Crippen LogP) is 3.94. The first kappa shape index (κ1) is 16.3. The standard InChI is InChI=1S/C18H20N2OS/c1-14-6-8-17(9-7-14)22-11-10-18(21)20-19-13-16-5-3-4-15(2)12-16/h3-9,12-13H,10-11H2,1-2H3,(H,20,21)/b19-13-. The van der Waals surface area contributed by atoms with Crippen LogP contribution in [0.3, 0.4) is 0 Å². The van der Waals surface area contributed by atoms with Crippen molar-refractivity contribution >= 4 is 23.9 Å². The molecule has 0 aliphatic heterocycles. The highest BCUT2D eigenvalue weighted by molar-refractivity contribution is 7.99. The summed E-state index contributed by atoms with van der Waals surface area (Å²) in [6.07, 6.45) is 2.11. The van der Waals surface area contributed by atoms with E-state index < -0.39 is 0 Å². The van der Waals surface area contributed by atoms with Crippen LogP contribution >= 0.6 is 11.8 Å². The molecule has 4 heteroatoms. The van der Waals surface area contributed by atoms with E-state index in [0.29, 0.717) is 6.42 Å². The summed E-state index contributed by atoms with van der Waals surface area (Å²) in [5.74, 6) is 0.679. The molecule has 0 spiro atoms. The number of aryl methyl sites for hydroxylation is 2. The summed E-state index contributed by atoms with van der Waals surface area (Å²) in [5.41, 5.74) is 5.96. The largest absolute Gasteiger partial charge is 0.273 e. The number of nitrogens with zero attached hydrogens (tertiary/aromatic N) is 1. The molecule has 0 saturated heterocycles. The van der Waals surface area contributed by atoms with E-state index in [1.54, 1.807) is 18.0 Å². The van der Waals surface area contributed by atoms with Gasteiger partial charge >= 0.3 is 0 Å². The van der Waals surface area contributed by atoms with Gasteiger partial charge in [0.15, 0.2) is 0 Å². The lowest BCUT2D eigenvalue weighted by molar-refractivity contribution is -0.120. The minimum absolute atomic E-state index is 0.0662. The molecule has 0 unspecified atom stereocenters. The Morgan fingerprint density at radius 2 is 1.91 bits per heavy atom. The molecule has 0 saturated carbocycles. The molecule has 1 N–H and O–H groups in total. The highest BCUT2D eigenvalue weighted by atomic mass is 32.2. The molecule has 2 aromatic rings. The average molecular weight is 312 g/mol. The number of nitrogens with one attached hydrogen (secondary N) is 1. The fraction of sp³-hybridized carbons (Fsp3) is 0.222. The highest BCUT2D eigenvalue weighted by Gasteiger charge is 2.00. The molecule has 0 aromatic heterocycles. The lowest BCUT2D eigenvalue weighted by Gasteiger charge is -2.02. The summed E-state index contributed by atoms with van der Waals surface area (Å²) in [7, 11) is 0. The molecular weight excluding hydrogens is 292 g/mol. The van der Waals surface area contributed by atoms with E-state index in [1.807, 2.05) is 31.2 Å². The first-order chi connectivity index (χ1) is 10.6. The quantitative estimate of drug-likeness (QED) is 0.499. The molecule has 0 heterocycles. The van der Waals surface area contributed by atoms with E-state index in [-0.39, 0.29) is 5.91 Å². The SMILES string of the molecule is Cc1ccc(SCCC(=O)N/N=C\c2cccc(C)c2)cc1. The molecule has 0 bridgehead atoms. The van der Waals surface area contributed by atoms with Crippen molar-refractivity contribution in [2.24, 2.45) is 5.10 Å². The number of benzene rings is 2. The number of hydrogen-bond acceptors (Lipinski definition) is 3. The van der Waals surface area contributed by atoms with Crippen LogP contribution in [0.4, 0.5) is 0 Å². The van der Waals surface area contributed by atoms with Crippen molar-refractivity contribution < 1.29 is 4.79 Å². The molecule has 3 nitrogen and oxygen atoms in total. The van der Waals surface area contributed by atoms with Crippen LogP contribution < -0.4 is 5.43 Å². The molecule has 2 aromatic carbocycles. The van der Waals surface area contributed by atoms with Crippen molar-refractivity contribution in [3.63, 3.8) is 0 Å². The third-order valence-electron chi connectivity index (χ3n) is 3.06. The van der Waals surface area contributed by atoms with Crippen molar-refractivity contribution in [3.8, 4) is 0 Å². The van der Waals surface area contributed by atoms with Gasteiger partial charge in [0.05, 0.1) is 6.21 Å². The lowest BCUT2D eigenvalue weighted by Crippen LogP contribution is -2.17. The van der Waals surface area contributed by atoms with Gasteiger partial charge in [-0.25, -0.2) is 5.43 Å². The van der Waals surface area contributed by atoms with Crippen LogP contribution in [0.5, 0.6) is 0 Å². The van der Waals surface area contributed by atoms with Gasteiger partial charge in [-0.3, -0.25) is 4.79 Å². The van der Waals surface area contributed by atoms with E-state index in [1.165, 1.54) is 16.0 Å². The Morgan fingerprint density at radius 3 is 2.64 bits per heavy atom. The van der Waals surface area contributed by atoms with Gasteiger partial charge in [0, 0.05) is 17.1 Å². The van der Waals surface area contributed by atoms with Gasteiger partial charge in [-0.1, -0.05) is 47.5 Å². The summed E-state index contributed by atoms with van der Waals surface area (Å²) in [6, 6.07) is 16.3. The van der Waals surface area contributed by atoms with Crippen LogP contribution in [-0.4, -0.2) is 17.9 Å². The zero-order chi connectivity index (χ0) is 15.8.